The average Bonchev–Trinajstić information content (AvgIpc) is 2.63. The quantitative estimate of drug-likeness (QED) is 0.755. The van der Waals surface area contributed by atoms with Gasteiger partial charge >= 0.3 is 0 Å². The summed E-state index contributed by atoms with van der Waals surface area (Å²) in [6, 6.07) is 1.54. The van der Waals surface area contributed by atoms with E-state index in [2.05, 4.69) is 10.5 Å². The zero-order chi connectivity index (χ0) is 9.80. The minimum atomic E-state index is -0.134. The second-order valence-electron chi connectivity index (χ2n) is 3.91. The van der Waals surface area contributed by atoms with Gasteiger partial charge in [0.25, 0.3) is 5.56 Å². The normalized spacial score (nSPS) is 18.6. The predicted octanol–water partition coefficient (Wildman–Crippen LogP) is 0.900. The van der Waals surface area contributed by atoms with Gasteiger partial charge in [-0.15, -0.1) is 0 Å². The van der Waals surface area contributed by atoms with Crippen LogP contribution in [0.5, 0.6) is 0 Å². The lowest BCUT2D eigenvalue weighted by atomic mass is 9.93. The lowest BCUT2D eigenvalue weighted by molar-refractivity contribution is 0.326. The summed E-state index contributed by atoms with van der Waals surface area (Å²) in [6.45, 7) is 2.25. The SMILES string of the molecule is O=c1cc(CCC2CCNCC2)o[nH]1. The molecule has 78 valence electrons. The highest BCUT2D eigenvalue weighted by molar-refractivity contribution is 4.94. The first kappa shape index (κ1) is 9.52. The second kappa shape index (κ2) is 4.46. The van der Waals surface area contributed by atoms with Crippen molar-refractivity contribution in [3.63, 3.8) is 0 Å². The first-order chi connectivity index (χ1) is 6.84. The lowest BCUT2D eigenvalue weighted by Crippen LogP contribution is -2.27. The Bertz CT molecular complexity index is 323. The number of H-pyrrole nitrogens is 1. The zero-order valence-electron chi connectivity index (χ0n) is 8.21. The summed E-state index contributed by atoms with van der Waals surface area (Å²) >= 11 is 0. The number of hydrogen-bond donors (Lipinski definition) is 2. The van der Waals surface area contributed by atoms with E-state index in [1.807, 2.05) is 0 Å². The van der Waals surface area contributed by atoms with Gasteiger partial charge in [-0.1, -0.05) is 0 Å². The van der Waals surface area contributed by atoms with E-state index >= 15 is 0 Å². The molecule has 0 unspecified atom stereocenters. The molecule has 0 bridgehead atoms. The van der Waals surface area contributed by atoms with Crippen LogP contribution in [0.1, 0.15) is 25.0 Å². The van der Waals surface area contributed by atoms with Crippen LogP contribution in [-0.2, 0) is 6.42 Å². The molecule has 1 aliphatic heterocycles. The monoisotopic (exact) mass is 196 g/mol. The van der Waals surface area contributed by atoms with Crippen molar-refractivity contribution in [2.45, 2.75) is 25.7 Å². The third kappa shape index (κ3) is 2.48. The van der Waals surface area contributed by atoms with Crippen molar-refractivity contribution in [1.29, 1.82) is 0 Å². The van der Waals surface area contributed by atoms with Gasteiger partial charge in [0.05, 0.1) is 0 Å². The number of aromatic nitrogens is 1. The van der Waals surface area contributed by atoms with E-state index in [0.29, 0.717) is 0 Å². The molecule has 0 spiro atoms. The van der Waals surface area contributed by atoms with Crippen LogP contribution in [0.2, 0.25) is 0 Å². The Morgan fingerprint density at radius 3 is 2.86 bits per heavy atom. The number of piperidine rings is 1. The van der Waals surface area contributed by atoms with Gasteiger partial charge in [-0.05, 0) is 38.3 Å². The van der Waals surface area contributed by atoms with Crippen LogP contribution in [0.15, 0.2) is 15.4 Å². The Labute approximate surface area is 82.7 Å². The molecule has 4 nitrogen and oxygen atoms in total. The van der Waals surface area contributed by atoms with E-state index in [1.165, 1.54) is 12.8 Å². The highest BCUT2D eigenvalue weighted by Crippen LogP contribution is 2.17. The fourth-order valence-electron chi connectivity index (χ4n) is 1.96. The standard InChI is InChI=1S/C10H16N2O2/c13-10-7-9(14-12-10)2-1-8-3-5-11-6-4-8/h7-8,11H,1-6H2,(H,12,13). The maximum absolute atomic E-state index is 10.8. The Balaban J connectivity index is 1.78. The van der Waals surface area contributed by atoms with Gasteiger partial charge in [0, 0.05) is 12.5 Å². The molecule has 2 N–H and O–H groups in total. The maximum Gasteiger partial charge on any atom is 0.280 e. The molecule has 1 aromatic rings. The van der Waals surface area contributed by atoms with Crippen molar-refractivity contribution in [3.05, 3.63) is 22.2 Å². The fraction of sp³-hybridized carbons (Fsp3) is 0.700. The number of aromatic amines is 1. The van der Waals surface area contributed by atoms with Gasteiger partial charge in [0.1, 0.15) is 5.76 Å². The molecule has 1 fully saturated rings. The topological polar surface area (TPSA) is 58.0 Å². The van der Waals surface area contributed by atoms with E-state index in [1.54, 1.807) is 6.07 Å². The van der Waals surface area contributed by atoms with Crippen molar-refractivity contribution >= 4 is 0 Å². The van der Waals surface area contributed by atoms with Gasteiger partial charge < -0.3 is 9.84 Å². The van der Waals surface area contributed by atoms with E-state index in [4.69, 9.17) is 4.52 Å². The maximum atomic E-state index is 10.8. The zero-order valence-corrected chi connectivity index (χ0v) is 8.21. The third-order valence-corrected chi connectivity index (χ3v) is 2.83. The first-order valence-corrected chi connectivity index (χ1v) is 5.23. The summed E-state index contributed by atoms with van der Waals surface area (Å²) < 4.78 is 5.00. The lowest BCUT2D eigenvalue weighted by Gasteiger charge is -2.21. The molecule has 0 aliphatic carbocycles. The first-order valence-electron chi connectivity index (χ1n) is 5.23. The molecule has 2 rings (SSSR count). The fourth-order valence-corrected chi connectivity index (χ4v) is 1.96. The minimum absolute atomic E-state index is 0.134. The summed E-state index contributed by atoms with van der Waals surface area (Å²) in [5.41, 5.74) is -0.134. The molecule has 0 atom stereocenters. The predicted molar refractivity (Wildman–Crippen MR) is 53.2 cm³/mol. The Kier molecular flexibility index (Phi) is 3.03. The van der Waals surface area contributed by atoms with E-state index in [0.717, 1.165) is 37.6 Å². The highest BCUT2D eigenvalue weighted by Gasteiger charge is 2.13. The van der Waals surface area contributed by atoms with E-state index in [-0.39, 0.29) is 5.56 Å². The van der Waals surface area contributed by atoms with Crippen molar-refractivity contribution in [2.75, 3.05) is 13.1 Å². The molecule has 0 radical (unpaired) electrons. The summed E-state index contributed by atoms with van der Waals surface area (Å²) in [5, 5.41) is 5.65. The van der Waals surface area contributed by atoms with Crippen LogP contribution in [0.3, 0.4) is 0 Å². The van der Waals surface area contributed by atoms with Crippen LogP contribution in [0.4, 0.5) is 0 Å². The van der Waals surface area contributed by atoms with Crippen molar-refractivity contribution in [3.8, 4) is 0 Å². The van der Waals surface area contributed by atoms with Crippen molar-refractivity contribution in [1.82, 2.24) is 10.5 Å². The number of rotatable bonds is 3. The van der Waals surface area contributed by atoms with Crippen LogP contribution in [0, 0.1) is 5.92 Å². The highest BCUT2D eigenvalue weighted by atomic mass is 16.5. The Morgan fingerprint density at radius 1 is 1.43 bits per heavy atom. The molecule has 1 aliphatic rings. The molecule has 1 saturated heterocycles. The molecule has 1 aromatic heterocycles. The summed E-state index contributed by atoms with van der Waals surface area (Å²) in [4.78, 5) is 10.8. The van der Waals surface area contributed by atoms with Gasteiger partial charge in [-0.3, -0.25) is 4.79 Å². The van der Waals surface area contributed by atoms with Crippen LogP contribution >= 0.6 is 0 Å². The molecule has 0 amide bonds. The summed E-state index contributed by atoms with van der Waals surface area (Å²) in [5.74, 6) is 1.57. The summed E-state index contributed by atoms with van der Waals surface area (Å²) in [6.07, 6.45) is 4.50. The Morgan fingerprint density at radius 2 is 2.21 bits per heavy atom. The van der Waals surface area contributed by atoms with Gasteiger partial charge in [0.2, 0.25) is 0 Å². The Hall–Kier alpha value is -1.03. The van der Waals surface area contributed by atoms with Crippen LogP contribution in [-0.4, -0.2) is 18.2 Å². The molecule has 2 heterocycles. The molecule has 0 aromatic carbocycles. The third-order valence-electron chi connectivity index (χ3n) is 2.83. The second-order valence-corrected chi connectivity index (χ2v) is 3.91. The van der Waals surface area contributed by atoms with Crippen LogP contribution < -0.4 is 10.9 Å². The number of hydrogen-bond acceptors (Lipinski definition) is 3. The van der Waals surface area contributed by atoms with Crippen molar-refractivity contribution in [2.24, 2.45) is 5.92 Å². The number of nitrogens with one attached hydrogen (secondary N) is 2. The number of aryl methyl sites for hydroxylation is 1. The largest absolute Gasteiger partial charge is 0.384 e. The minimum Gasteiger partial charge on any atom is -0.384 e. The summed E-state index contributed by atoms with van der Waals surface area (Å²) in [7, 11) is 0. The van der Waals surface area contributed by atoms with Gasteiger partial charge in [-0.2, -0.15) is 5.16 Å². The molecule has 14 heavy (non-hydrogen) atoms. The molecular weight excluding hydrogens is 180 g/mol. The molecule has 4 heteroatoms. The smallest absolute Gasteiger partial charge is 0.280 e. The average molecular weight is 196 g/mol. The van der Waals surface area contributed by atoms with Gasteiger partial charge in [-0.25, -0.2) is 0 Å². The molecule has 0 saturated carbocycles. The van der Waals surface area contributed by atoms with E-state index in [9.17, 15) is 4.79 Å². The van der Waals surface area contributed by atoms with E-state index < -0.39 is 0 Å². The van der Waals surface area contributed by atoms with Crippen LogP contribution in [0.25, 0.3) is 0 Å². The van der Waals surface area contributed by atoms with Crippen molar-refractivity contribution < 1.29 is 4.52 Å². The van der Waals surface area contributed by atoms with Gasteiger partial charge in [0.15, 0.2) is 0 Å². The molecular formula is C10H16N2O2.